The molecule has 0 saturated heterocycles. The lowest BCUT2D eigenvalue weighted by Gasteiger charge is -2.46. The van der Waals surface area contributed by atoms with Gasteiger partial charge in [-0.15, -0.1) is 0 Å². The summed E-state index contributed by atoms with van der Waals surface area (Å²) in [6.07, 6.45) is 0. The van der Waals surface area contributed by atoms with Gasteiger partial charge in [-0.2, -0.15) is 0 Å². The largest absolute Gasteiger partial charge is 0.311 e. The monoisotopic (exact) mass is 844 g/mol. The molecule has 2 aliphatic heterocycles. The molecule has 0 unspecified atom stereocenters. The first-order valence-electron chi connectivity index (χ1n) is 22.7. The molecule has 306 valence electrons. The fraction of sp³-hybridized carbons (Fsp3) is 0.0164. The molecular formula is C61H45BN2Si. The van der Waals surface area contributed by atoms with Crippen LogP contribution in [0.1, 0.15) is 22.6 Å². The average Bonchev–Trinajstić information content (AvgIpc) is 3.38. The molecule has 2 heterocycles. The highest BCUT2D eigenvalue weighted by atomic mass is 28.3. The van der Waals surface area contributed by atoms with Gasteiger partial charge >= 0.3 is 0 Å². The lowest BCUT2D eigenvalue weighted by molar-refractivity contribution is 0.977. The highest BCUT2D eigenvalue weighted by Crippen LogP contribution is 2.45. The van der Waals surface area contributed by atoms with E-state index < -0.39 is 8.07 Å². The average molecular weight is 845 g/mol. The Morgan fingerprint density at radius 1 is 0.292 bits per heavy atom. The molecular weight excluding hydrogens is 800 g/mol. The minimum absolute atomic E-state index is 0.0117. The highest BCUT2D eigenvalue weighted by molar-refractivity contribution is 7.20. The van der Waals surface area contributed by atoms with Crippen molar-refractivity contribution in [3.63, 3.8) is 0 Å². The van der Waals surface area contributed by atoms with E-state index in [1.807, 2.05) is 0 Å². The Balaban J connectivity index is 1.22. The molecule has 12 rings (SSSR count). The number of hydrogen-bond donors (Lipinski definition) is 0. The zero-order valence-corrected chi connectivity index (χ0v) is 37.0. The van der Waals surface area contributed by atoms with Crippen LogP contribution in [-0.4, -0.2) is 14.8 Å². The Morgan fingerprint density at radius 3 is 1.15 bits per heavy atom. The van der Waals surface area contributed by atoms with Crippen LogP contribution in [0.2, 0.25) is 0 Å². The maximum atomic E-state index is 2.59. The third kappa shape index (κ3) is 6.40. The molecule has 0 bridgehead atoms. The minimum atomic E-state index is -3.02. The number of benzene rings is 10. The summed E-state index contributed by atoms with van der Waals surface area (Å²) in [6, 6.07) is 99.6. The van der Waals surface area contributed by atoms with Crippen molar-refractivity contribution in [3.05, 3.63) is 284 Å². The second kappa shape index (κ2) is 16.3. The first-order valence-corrected chi connectivity index (χ1v) is 24.7. The van der Waals surface area contributed by atoms with Crippen LogP contribution in [0.3, 0.4) is 0 Å². The predicted molar refractivity (Wildman–Crippen MR) is 278 cm³/mol. The molecule has 2 aliphatic rings. The van der Waals surface area contributed by atoms with Crippen molar-refractivity contribution in [2.45, 2.75) is 5.92 Å². The van der Waals surface area contributed by atoms with Gasteiger partial charge in [-0.05, 0) is 102 Å². The topological polar surface area (TPSA) is 6.48 Å². The quantitative estimate of drug-likeness (QED) is 0.106. The van der Waals surface area contributed by atoms with Gasteiger partial charge in [-0.1, -0.05) is 218 Å². The van der Waals surface area contributed by atoms with Crippen LogP contribution in [-0.2, 0) is 0 Å². The normalized spacial score (nSPS) is 12.7. The summed E-state index contributed by atoms with van der Waals surface area (Å²) in [5.41, 5.74) is 14.9. The van der Waals surface area contributed by atoms with Gasteiger partial charge in [0.1, 0.15) is 0 Å². The summed E-state index contributed by atoms with van der Waals surface area (Å²) in [5, 5.41) is 5.38. The van der Waals surface area contributed by atoms with Gasteiger partial charge in [0.15, 0.2) is 8.07 Å². The molecule has 0 spiro atoms. The Hall–Kier alpha value is -7.92. The smallest absolute Gasteiger partial charge is 0.252 e. The molecule has 10 aromatic rings. The Bertz CT molecular complexity index is 3120. The predicted octanol–water partition coefficient (Wildman–Crippen LogP) is 10.3. The van der Waals surface area contributed by atoms with Crippen molar-refractivity contribution in [2.24, 2.45) is 0 Å². The molecule has 65 heavy (non-hydrogen) atoms. The molecule has 0 saturated carbocycles. The second-order valence-corrected chi connectivity index (χ2v) is 21.0. The maximum Gasteiger partial charge on any atom is 0.252 e. The number of nitrogens with zero attached hydrogens (tertiary/aromatic N) is 2. The van der Waals surface area contributed by atoms with E-state index in [1.54, 1.807) is 0 Å². The zero-order chi connectivity index (χ0) is 43.2. The van der Waals surface area contributed by atoms with E-state index in [4.69, 9.17) is 0 Å². The van der Waals surface area contributed by atoms with Crippen LogP contribution in [0.4, 0.5) is 34.1 Å². The van der Waals surface area contributed by atoms with Crippen molar-refractivity contribution in [3.8, 4) is 0 Å². The van der Waals surface area contributed by atoms with Gasteiger partial charge < -0.3 is 9.80 Å². The van der Waals surface area contributed by atoms with Crippen molar-refractivity contribution >= 4 is 86.0 Å². The van der Waals surface area contributed by atoms with Crippen molar-refractivity contribution in [2.75, 3.05) is 9.80 Å². The summed E-state index contributed by atoms with van der Waals surface area (Å²) in [4.78, 5) is 5.12. The lowest BCUT2D eigenvalue weighted by Crippen LogP contribution is -2.75. The van der Waals surface area contributed by atoms with Crippen molar-refractivity contribution in [1.82, 2.24) is 0 Å². The van der Waals surface area contributed by atoms with Gasteiger partial charge in [0.25, 0.3) is 6.71 Å². The van der Waals surface area contributed by atoms with E-state index in [0.717, 1.165) is 11.4 Å². The van der Waals surface area contributed by atoms with E-state index in [2.05, 4.69) is 277 Å². The Labute approximate surface area is 383 Å². The van der Waals surface area contributed by atoms with Gasteiger partial charge in [-0.25, -0.2) is 0 Å². The van der Waals surface area contributed by atoms with Crippen LogP contribution in [0, 0.1) is 0 Å². The molecule has 0 aliphatic carbocycles. The van der Waals surface area contributed by atoms with E-state index in [-0.39, 0.29) is 12.6 Å². The highest BCUT2D eigenvalue weighted by Gasteiger charge is 2.47. The van der Waals surface area contributed by atoms with E-state index >= 15 is 0 Å². The lowest BCUT2D eigenvalue weighted by atomic mass is 9.33. The fourth-order valence-electron chi connectivity index (χ4n) is 11.0. The first kappa shape index (κ1) is 38.7. The summed E-state index contributed by atoms with van der Waals surface area (Å²) in [5.74, 6) is 0.0464. The number of anilines is 6. The molecule has 4 heteroatoms. The van der Waals surface area contributed by atoms with Crippen LogP contribution >= 0.6 is 0 Å². The second-order valence-electron chi connectivity index (χ2n) is 17.2. The molecule has 0 fully saturated rings. The van der Waals surface area contributed by atoms with Crippen LogP contribution in [0.25, 0.3) is 0 Å². The zero-order valence-electron chi connectivity index (χ0n) is 36.0. The molecule has 0 atom stereocenters. The van der Waals surface area contributed by atoms with E-state index in [1.165, 1.54) is 76.6 Å². The fourth-order valence-corrected chi connectivity index (χ4v) is 15.8. The van der Waals surface area contributed by atoms with Gasteiger partial charge in [0, 0.05) is 40.0 Å². The number of fused-ring (bicyclic) bond motifs is 4. The minimum Gasteiger partial charge on any atom is -0.311 e. The van der Waals surface area contributed by atoms with Crippen LogP contribution in [0.15, 0.2) is 267 Å². The molecule has 2 nitrogen and oxygen atoms in total. The summed E-state index contributed by atoms with van der Waals surface area (Å²) < 4.78 is 0. The van der Waals surface area contributed by atoms with E-state index in [0.29, 0.717) is 0 Å². The van der Waals surface area contributed by atoms with Crippen molar-refractivity contribution < 1.29 is 0 Å². The molecule has 0 aromatic heterocycles. The van der Waals surface area contributed by atoms with Crippen LogP contribution < -0.4 is 46.9 Å². The molecule has 0 N–H and O–H groups in total. The van der Waals surface area contributed by atoms with Gasteiger partial charge in [-0.3, -0.25) is 0 Å². The van der Waals surface area contributed by atoms with Gasteiger partial charge in [0.2, 0.25) is 0 Å². The maximum absolute atomic E-state index is 3.02. The third-order valence-electron chi connectivity index (χ3n) is 13.7. The molecule has 0 radical (unpaired) electrons. The number of para-hydroxylation sites is 3. The summed E-state index contributed by atoms with van der Waals surface area (Å²) >= 11 is 0. The summed E-state index contributed by atoms with van der Waals surface area (Å²) in [7, 11) is -3.02. The van der Waals surface area contributed by atoms with E-state index in [9.17, 15) is 0 Å². The number of hydrogen-bond acceptors (Lipinski definition) is 2. The van der Waals surface area contributed by atoms with Gasteiger partial charge in [0.05, 0.1) is 0 Å². The van der Waals surface area contributed by atoms with Crippen LogP contribution in [0.5, 0.6) is 0 Å². The Kier molecular flexibility index (Phi) is 9.73. The first-order chi connectivity index (χ1) is 32.3. The SMILES string of the molecule is c1ccc(C(c2ccccc2)c2ccc3c(c2)N(c2ccccc2)c2cc([Si](c4ccccc4)(c4ccccc4)c4ccccc4)cc4c2B3c2ccccc2N4c2ccccc2)cc1. The van der Waals surface area contributed by atoms with Crippen molar-refractivity contribution in [1.29, 1.82) is 0 Å². The summed E-state index contributed by atoms with van der Waals surface area (Å²) in [6.45, 7) is -0.0117. The standard InChI is InChI=1S/C61H45BN2Si/c1-8-24-45(25-9-1)60(46-26-10-2-11-27-46)47-40-41-55-57(42-47)64(49-30-14-4-15-31-49)59-44-53(43-58-61(59)62(55)54-38-22-23-39-56(54)63(58)48-28-12-3-13-29-48)65(50-32-16-5-17-33-50,51-34-18-6-19-35-51)52-36-20-7-21-37-52/h1-44,60H. The third-order valence-corrected chi connectivity index (χ3v) is 18.4. The number of rotatable bonds is 9. The molecule has 10 aromatic carbocycles. The Morgan fingerprint density at radius 2 is 0.677 bits per heavy atom. The molecule has 0 amide bonds.